The molecular formula is C14H17N3O. The van der Waals surface area contributed by atoms with Gasteiger partial charge in [-0.15, -0.1) is 0 Å². The van der Waals surface area contributed by atoms with E-state index in [2.05, 4.69) is 11.4 Å². The van der Waals surface area contributed by atoms with Gasteiger partial charge < -0.3 is 10.2 Å². The molecular weight excluding hydrogens is 226 g/mol. The fraction of sp³-hybridized carbons (Fsp3) is 0.429. The van der Waals surface area contributed by atoms with Crippen LogP contribution in [0, 0.1) is 11.3 Å². The zero-order valence-electron chi connectivity index (χ0n) is 10.5. The molecule has 0 saturated heterocycles. The highest BCUT2D eigenvalue weighted by Gasteiger charge is 2.29. The Morgan fingerprint density at radius 3 is 2.67 bits per heavy atom. The van der Waals surface area contributed by atoms with Gasteiger partial charge in [-0.2, -0.15) is 5.26 Å². The van der Waals surface area contributed by atoms with Crippen molar-refractivity contribution >= 4 is 11.6 Å². The van der Waals surface area contributed by atoms with Crippen LogP contribution in [0.4, 0.5) is 5.69 Å². The van der Waals surface area contributed by atoms with Gasteiger partial charge in [0.25, 0.3) is 0 Å². The fourth-order valence-electron chi connectivity index (χ4n) is 1.80. The molecule has 1 fully saturated rings. The van der Waals surface area contributed by atoms with Gasteiger partial charge >= 0.3 is 0 Å². The lowest BCUT2D eigenvalue weighted by atomic mass is 10.1. The molecule has 1 saturated carbocycles. The standard InChI is InChI=1S/C14H17N3O/c1-17(13-6-7-13)14(18)10-16-12-4-2-11(3-5-12)8-9-15/h2-5,13,16H,6-8,10H2,1H3. The molecule has 0 heterocycles. The maximum Gasteiger partial charge on any atom is 0.241 e. The number of carbonyl (C=O) groups excluding carboxylic acids is 1. The first-order valence-corrected chi connectivity index (χ1v) is 6.16. The van der Waals surface area contributed by atoms with Crippen molar-refractivity contribution in [3.63, 3.8) is 0 Å². The first kappa shape index (κ1) is 12.4. The zero-order valence-corrected chi connectivity index (χ0v) is 10.5. The molecule has 94 valence electrons. The third-order valence-electron chi connectivity index (χ3n) is 3.17. The Morgan fingerprint density at radius 1 is 1.44 bits per heavy atom. The second-order valence-electron chi connectivity index (χ2n) is 4.62. The van der Waals surface area contributed by atoms with Gasteiger partial charge in [-0.25, -0.2) is 0 Å². The molecule has 0 aliphatic heterocycles. The number of benzene rings is 1. The summed E-state index contributed by atoms with van der Waals surface area (Å²) in [6.45, 7) is 0.324. The first-order chi connectivity index (χ1) is 8.70. The zero-order chi connectivity index (χ0) is 13.0. The number of anilines is 1. The molecule has 4 heteroatoms. The number of nitrogens with zero attached hydrogens (tertiary/aromatic N) is 2. The summed E-state index contributed by atoms with van der Waals surface area (Å²) in [5.41, 5.74) is 1.90. The van der Waals surface area contributed by atoms with Crippen molar-refractivity contribution in [2.75, 3.05) is 18.9 Å². The summed E-state index contributed by atoms with van der Waals surface area (Å²) in [6, 6.07) is 10.2. The van der Waals surface area contributed by atoms with Crippen LogP contribution in [0.25, 0.3) is 0 Å². The van der Waals surface area contributed by atoms with Gasteiger partial charge in [0.1, 0.15) is 0 Å². The van der Waals surface area contributed by atoms with E-state index in [0.29, 0.717) is 19.0 Å². The average Bonchev–Trinajstić information content (AvgIpc) is 3.21. The normalized spacial score (nSPS) is 13.8. The van der Waals surface area contributed by atoms with E-state index in [1.54, 1.807) is 0 Å². The van der Waals surface area contributed by atoms with Crippen molar-refractivity contribution < 1.29 is 4.79 Å². The van der Waals surface area contributed by atoms with Crippen LogP contribution < -0.4 is 5.32 Å². The second-order valence-corrected chi connectivity index (χ2v) is 4.62. The lowest BCUT2D eigenvalue weighted by Crippen LogP contribution is -2.33. The number of hydrogen-bond acceptors (Lipinski definition) is 3. The topological polar surface area (TPSA) is 56.1 Å². The first-order valence-electron chi connectivity index (χ1n) is 6.16. The van der Waals surface area contributed by atoms with Crippen molar-refractivity contribution in [3.8, 4) is 6.07 Å². The van der Waals surface area contributed by atoms with Crippen LogP contribution in [0.3, 0.4) is 0 Å². The van der Waals surface area contributed by atoms with E-state index in [-0.39, 0.29) is 5.91 Å². The Hall–Kier alpha value is -2.02. The Kier molecular flexibility index (Phi) is 3.83. The number of likely N-dealkylation sites (N-methyl/N-ethyl adjacent to an activating group) is 1. The van der Waals surface area contributed by atoms with Crippen molar-refractivity contribution in [3.05, 3.63) is 29.8 Å². The summed E-state index contributed by atoms with van der Waals surface area (Å²) in [5, 5.41) is 11.7. The molecule has 18 heavy (non-hydrogen) atoms. The Morgan fingerprint density at radius 2 is 2.11 bits per heavy atom. The predicted octanol–water partition coefficient (Wildman–Crippen LogP) is 1.79. The monoisotopic (exact) mass is 243 g/mol. The molecule has 1 aliphatic carbocycles. The van der Waals surface area contributed by atoms with Crippen molar-refractivity contribution in [1.29, 1.82) is 5.26 Å². The van der Waals surface area contributed by atoms with E-state index in [0.717, 1.165) is 24.1 Å². The molecule has 0 unspecified atom stereocenters. The lowest BCUT2D eigenvalue weighted by molar-refractivity contribution is -0.128. The molecule has 1 aliphatic rings. The van der Waals surface area contributed by atoms with Crippen LogP contribution in [0.5, 0.6) is 0 Å². The SMILES string of the molecule is CN(C(=O)CNc1ccc(CC#N)cc1)C1CC1. The van der Waals surface area contributed by atoms with Gasteiger partial charge in [0.15, 0.2) is 0 Å². The molecule has 1 aromatic carbocycles. The van der Waals surface area contributed by atoms with E-state index in [1.165, 1.54) is 0 Å². The van der Waals surface area contributed by atoms with E-state index in [1.807, 2.05) is 36.2 Å². The maximum atomic E-state index is 11.8. The number of rotatable bonds is 5. The summed E-state index contributed by atoms with van der Waals surface area (Å²) in [7, 11) is 1.86. The predicted molar refractivity (Wildman–Crippen MR) is 70.0 cm³/mol. The average molecular weight is 243 g/mol. The lowest BCUT2D eigenvalue weighted by Gasteiger charge is -2.16. The number of carbonyl (C=O) groups is 1. The van der Waals surface area contributed by atoms with Crippen molar-refractivity contribution in [2.45, 2.75) is 25.3 Å². The summed E-state index contributed by atoms with van der Waals surface area (Å²) < 4.78 is 0. The maximum absolute atomic E-state index is 11.8. The Labute approximate surface area is 107 Å². The van der Waals surface area contributed by atoms with Crippen molar-refractivity contribution in [2.24, 2.45) is 0 Å². The fourth-order valence-corrected chi connectivity index (χ4v) is 1.80. The van der Waals surface area contributed by atoms with E-state index in [4.69, 9.17) is 5.26 Å². The van der Waals surface area contributed by atoms with Gasteiger partial charge in [-0.05, 0) is 30.5 Å². The number of nitriles is 1. The number of nitrogens with one attached hydrogen (secondary N) is 1. The van der Waals surface area contributed by atoms with Crippen LogP contribution in [-0.2, 0) is 11.2 Å². The summed E-state index contributed by atoms with van der Waals surface area (Å²) >= 11 is 0. The van der Waals surface area contributed by atoms with E-state index in [9.17, 15) is 4.79 Å². The molecule has 0 atom stereocenters. The Bertz CT molecular complexity index is 457. The van der Waals surface area contributed by atoms with E-state index >= 15 is 0 Å². The minimum Gasteiger partial charge on any atom is -0.376 e. The molecule has 0 radical (unpaired) electrons. The molecule has 2 rings (SSSR count). The molecule has 1 aromatic rings. The highest BCUT2D eigenvalue weighted by atomic mass is 16.2. The minimum absolute atomic E-state index is 0.124. The molecule has 0 spiro atoms. The molecule has 1 amide bonds. The highest BCUT2D eigenvalue weighted by molar-refractivity contribution is 5.81. The van der Waals surface area contributed by atoms with E-state index < -0.39 is 0 Å². The van der Waals surface area contributed by atoms with Gasteiger partial charge in [-0.3, -0.25) is 4.79 Å². The van der Waals surface area contributed by atoms with Crippen LogP contribution in [0.2, 0.25) is 0 Å². The van der Waals surface area contributed by atoms with Crippen molar-refractivity contribution in [1.82, 2.24) is 4.90 Å². The smallest absolute Gasteiger partial charge is 0.241 e. The number of hydrogen-bond donors (Lipinski definition) is 1. The number of amides is 1. The highest BCUT2D eigenvalue weighted by Crippen LogP contribution is 2.25. The summed E-state index contributed by atoms with van der Waals surface area (Å²) in [6.07, 6.45) is 2.68. The largest absolute Gasteiger partial charge is 0.376 e. The van der Waals surface area contributed by atoms with Crippen LogP contribution in [-0.4, -0.2) is 30.4 Å². The second kappa shape index (κ2) is 5.54. The third kappa shape index (κ3) is 3.24. The van der Waals surface area contributed by atoms with Crippen LogP contribution in [0.1, 0.15) is 18.4 Å². The molecule has 0 aromatic heterocycles. The summed E-state index contributed by atoms with van der Waals surface area (Å²) in [4.78, 5) is 13.6. The third-order valence-corrected chi connectivity index (χ3v) is 3.17. The molecule has 4 nitrogen and oxygen atoms in total. The molecule has 1 N–H and O–H groups in total. The summed E-state index contributed by atoms with van der Waals surface area (Å²) in [5.74, 6) is 0.124. The van der Waals surface area contributed by atoms with Gasteiger partial charge in [0, 0.05) is 18.8 Å². The van der Waals surface area contributed by atoms with Crippen LogP contribution in [0.15, 0.2) is 24.3 Å². The Balaban J connectivity index is 1.82. The van der Waals surface area contributed by atoms with Crippen LogP contribution >= 0.6 is 0 Å². The van der Waals surface area contributed by atoms with Gasteiger partial charge in [0.2, 0.25) is 5.91 Å². The van der Waals surface area contributed by atoms with Gasteiger partial charge in [0.05, 0.1) is 19.0 Å². The quantitative estimate of drug-likeness (QED) is 0.857. The molecule has 0 bridgehead atoms. The minimum atomic E-state index is 0.124. The van der Waals surface area contributed by atoms with Gasteiger partial charge in [-0.1, -0.05) is 12.1 Å².